The molecule has 7 nitrogen and oxygen atoms in total. The van der Waals surface area contributed by atoms with Gasteiger partial charge in [-0.2, -0.15) is 0 Å². The monoisotopic (exact) mass is 356 g/mol. The zero-order valence-corrected chi connectivity index (χ0v) is 16.0. The Kier molecular flexibility index (Phi) is 5.25. The van der Waals surface area contributed by atoms with Crippen molar-refractivity contribution in [1.29, 1.82) is 0 Å². The van der Waals surface area contributed by atoms with E-state index in [9.17, 15) is 4.79 Å². The molecule has 1 fully saturated rings. The summed E-state index contributed by atoms with van der Waals surface area (Å²) < 4.78 is 1.47. The Morgan fingerprint density at radius 1 is 1.23 bits per heavy atom. The third-order valence-corrected chi connectivity index (χ3v) is 5.37. The van der Waals surface area contributed by atoms with Gasteiger partial charge in [0, 0.05) is 18.8 Å². The molecule has 0 bridgehead atoms. The lowest BCUT2D eigenvalue weighted by Crippen LogP contribution is -2.45. The molecule has 1 aliphatic rings. The van der Waals surface area contributed by atoms with Crippen LogP contribution in [0, 0.1) is 5.92 Å². The van der Waals surface area contributed by atoms with Gasteiger partial charge in [-0.25, -0.2) is 4.68 Å². The maximum Gasteiger partial charge on any atom is 0.248 e. The fourth-order valence-electron chi connectivity index (χ4n) is 3.22. The average Bonchev–Trinajstić information content (AvgIpc) is 3.18. The van der Waals surface area contributed by atoms with Crippen LogP contribution in [-0.2, 0) is 10.3 Å². The van der Waals surface area contributed by atoms with Crippen molar-refractivity contribution in [3.8, 4) is 0 Å². The number of carbonyl (C=O) groups is 1. The standard InChI is InChI=1S/C19H28N6O/c1-14-9-11-24(12-10-14)17-7-5-16(6-8-17)15(2)21-18(26)19(3,4)25-13-20-22-23-25/h5-8,13-15H,9-12H2,1-4H3,(H,21,26)/t15-/m0/s1. The molecule has 140 valence electrons. The number of piperidine rings is 1. The van der Waals surface area contributed by atoms with Crippen LogP contribution in [0.15, 0.2) is 30.6 Å². The van der Waals surface area contributed by atoms with Gasteiger partial charge in [-0.3, -0.25) is 4.79 Å². The lowest BCUT2D eigenvalue weighted by Gasteiger charge is -2.32. The van der Waals surface area contributed by atoms with E-state index in [0.717, 1.165) is 24.6 Å². The molecule has 2 aromatic rings. The highest BCUT2D eigenvalue weighted by atomic mass is 16.2. The lowest BCUT2D eigenvalue weighted by atomic mass is 9.98. The van der Waals surface area contributed by atoms with E-state index < -0.39 is 5.54 Å². The normalized spacial score (nSPS) is 17.2. The highest BCUT2D eigenvalue weighted by Gasteiger charge is 2.32. The molecule has 1 saturated heterocycles. The highest BCUT2D eigenvalue weighted by Crippen LogP contribution is 2.25. The number of rotatable bonds is 5. The van der Waals surface area contributed by atoms with Crippen molar-refractivity contribution in [2.24, 2.45) is 5.92 Å². The van der Waals surface area contributed by atoms with Gasteiger partial charge >= 0.3 is 0 Å². The summed E-state index contributed by atoms with van der Waals surface area (Å²) in [4.78, 5) is 15.1. The largest absolute Gasteiger partial charge is 0.372 e. The molecule has 1 aliphatic heterocycles. The number of hydrogen-bond donors (Lipinski definition) is 1. The Hall–Kier alpha value is -2.44. The predicted molar refractivity (Wildman–Crippen MR) is 101 cm³/mol. The summed E-state index contributed by atoms with van der Waals surface area (Å²) in [5, 5.41) is 14.1. The maximum absolute atomic E-state index is 12.7. The number of benzene rings is 1. The van der Waals surface area contributed by atoms with Crippen molar-refractivity contribution in [2.45, 2.75) is 52.1 Å². The molecule has 0 spiro atoms. The minimum absolute atomic E-state index is 0.0892. The van der Waals surface area contributed by atoms with E-state index in [1.807, 2.05) is 6.92 Å². The zero-order chi connectivity index (χ0) is 18.7. The third-order valence-electron chi connectivity index (χ3n) is 5.37. The van der Waals surface area contributed by atoms with Crippen LogP contribution in [-0.4, -0.2) is 39.2 Å². The van der Waals surface area contributed by atoms with E-state index in [4.69, 9.17) is 0 Å². The molecule has 0 unspecified atom stereocenters. The number of anilines is 1. The molecule has 1 aromatic carbocycles. The first kappa shape index (κ1) is 18.4. The molecule has 0 aliphatic carbocycles. The lowest BCUT2D eigenvalue weighted by molar-refractivity contribution is -0.129. The quantitative estimate of drug-likeness (QED) is 0.891. The molecule has 1 amide bonds. The van der Waals surface area contributed by atoms with Gasteiger partial charge in [0.25, 0.3) is 0 Å². The summed E-state index contributed by atoms with van der Waals surface area (Å²) >= 11 is 0. The minimum atomic E-state index is -0.845. The number of aromatic nitrogens is 4. The van der Waals surface area contributed by atoms with Crippen LogP contribution in [0.5, 0.6) is 0 Å². The van der Waals surface area contributed by atoms with Crippen LogP contribution in [0.1, 0.15) is 52.1 Å². The fraction of sp³-hybridized carbons (Fsp3) is 0.579. The fourth-order valence-corrected chi connectivity index (χ4v) is 3.22. The molecule has 0 saturated carbocycles. The topological polar surface area (TPSA) is 75.9 Å². The van der Waals surface area contributed by atoms with E-state index in [1.165, 1.54) is 29.5 Å². The first-order chi connectivity index (χ1) is 12.4. The summed E-state index contributed by atoms with van der Waals surface area (Å²) in [6, 6.07) is 8.42. The van der Waals surface area contributed by atoms with E-state index >= 15 is 0 Å². The average molecular weight is 356 g/mol. The summed E-state index contributed by atoms with van der Waals surface area (Å²) in [7, 11) is 0. The SMILES string of the molecule is CC1CCN(c2ccc([C@H](C)NC(=O)C(C)(C)n3cnnn3)cc2)CC1. The number of nitrogens with zero attached hydrogens (tertiary/aromatic N) is 5. The van der Waals surface area contributed by atoms with Crippen molar-refractivity contribution in [1.82, 2.24) is 25.5 Å². The van der Waals surface area contributed by atoms with Gasteiger partial charge in [-0.15, -0.1) is 5.10 Å². The number of tetrazole rings is 1. The molecule has 7 heteroatoms. The van der Waals surface area contributed by atoms with Gasteiger partial charge in [0.2, 0.25) is 5.91 Å². The van der Waals surface area contributed by atoms with Crippen molar-refractivity contribution in [2.75, 3.05) is 18.0 Å². The molecular weight excluding hydrogens is 328 g/mol. The van der Waals surface area contributed by atoms with Crippen LogP contribution in [0.2, 0.25) is 0 Å². The van der Waals surface area contributed by atoms with E-state index in [1.54, 1.807) is 13.8 Å². The van der Waals surface area contributed by atoms with Crippen LogP contribution in [0.3, 0.4) is 0 Å². The first-order valence-corrected chi connectivity index (χ1v) is 9.27. The summed E-state index contributed by atoms with van der Waals surface area (Å²) in [6.07, 6.45) is 3.96. The Balaban J connectivity index is 1.63. The van der Waals surface area contributed by atoms with E-state index in [2.05, 4.69) is 56.9 Å². The summed E-state index contributed by atoms with van der Waals surface area (Å²) in [6.45, 7) is 10.1. The molecule has 1 aromatic heterocycles. The van der Waals surface area contributed by atoms with Crippen molar-refractivity contribution >= 4 is 11.6 Å². The Bertz CT molecular complexity index is 717. The second-order valence-corrected chi connectivity index (χ2v) is 7.77. The van der Waals surface area contributed by atoms with Crippen molar-refractivity contribution < 1.29 is 4.79 Å². The third kappa shape index (κ3) is 3.86. The number of amides is 1. The van der Waals surface area contributed by atoms with E-state index in [0.29, 0.717) is 0 Å². The molecule has 3 rings (SSSR count). The summed E-state index contributed by atoms with van der Waals surface area (Å²) in [5.74, 6) is 0.704. The maximum atomic E-state index is 12.7. The minimum Gasteiger partial charge on any atom is -0.372 e. The van der Waals surface area contributed by atoms with Gasteiger partial charge < -0.3 is 10.2 Å². The van der Waals surface area contributed by atoms with Crippen molar-refractivity contribution in [3.05, 3.63) is 36.2 Å². The number of hydrogen-bond acceptors (Lipinski definition) is 5. The molecule has 0 radical (unpaired) electrons. The van der Waals surface area contributed by atoms with Crippen molar-refractivity contribution in [3.63, 3.8) is 0 Å². The van der Waals surface area contributed by atoms with Gasteiger partial charge in [-0.05, 0) is 67.7 Å². The second-order valence-electron chi connectivity index (χ2n) is 7.77. The molecule has 1 N–H and O–H groups in total. The summed E-state index contributed by atoms with van der Waals surface area (Å²) in [5.41, 5.74) is 1.50. The smallest absolute Gasteiger partial charge is 0.248 e. The Morgan fingerprint density at radius 3 is 2.46 bits per heavy atom. The van der Waals surface area contributed by atoms with E-state index in [-0.39, 0.29) is 11.9 Å². The van der Waals surface area contributed by atoms with Crippen LogP contribution in [0.4, 0.5) is 5.69 Å². The van der Waals surface area contributed by atoms with Gasteiger partial charge in [0.05, 0.1) is 6.04 Å². The van der Waals surface area contributed by atoms with Gasteiger partial charge in [-0.1, -0.05) is 19.1 Å². The predicted octanol–water partition coefficient (Wildman–Crippen LogP) is 2.52. The van der Waals surface area contributed by atoms with Gasteiger partial charge in [0.15, 0.2) is 0 Å². The molecule has 26 heavy (non-hydrogen) atoms. The number of carbonyl (C=O) groups excluding carboxylic acids is 1. The highest BCUT2D eigenvalue weighted by molar-refractivity contribution is 5.83. The number of nitrogens with one attached hydrogen (secondary N) is 1. The van der Waals surface area contributed by atoms with Crippen LogP contribution >= 0.6 is 0 Å². The van der Waals surface area contributed by atoms with Gasteiger partial charge in [0.1, 0.15) is 11.9 Å². The molecule has 2 heterocycles. The second kappa shape index (κ2) is 7.43. The molecular formula is C19H28N6O. The van der Waals surface area contributed by atoms with Crippen LogP contribution in [0.25, 0.3) is 0 Å². The van der Waals surface area contributed by atoms with Crippen LogP contribution < -0.4 is 10.2 Å². The Labute approximate surface area is 154 Å². The first-order valence-electron chi connectivity index (χ1n) is 9.27. The Morgan fingerprint density at radius 2 is 1.88 bits per heavy atom. The molecule has 1 atom stereocenters. The zero-order valence-electron chi connectivity index (χ0n) is 16.0.